The van der Waals surface area contributed by atoms with Crippen LogP contribution < -0.4 is 5.32 Å². The number of nitrogens with zero attached hydrogens (tertiary/aromatic N) is 1. The first kappa shape index (κ1) is 22.8. The van der Waals surface area contributed by atoms with Crippen molar-refractivity contribution in [3.05, 3.63) is 59.7 Å². The maximum absolute atomic E-state index is 12.7. The number of carboxylic acid groups (broad SMARTS) is 1. The smallest absolute Gasteiger partial charge is 0.407 e. The molecule has 0 aromatic heterocycles. The van der Waals surface area contributed by atoms with Crippen molar-refractivity contribution >= 4 is 18.0 Å². The average molecular weight is 451 g/mol. The van der Waals surface area contributed by atoms with Crippen LogP contribution in [-0.2, 0) is 14.3 Å². The van der Waals surface area contributed by atoms with Crippen LogP contribution in [0, 0.1) is 5.92 Å². The van der Waals surface area contributed by atoms with Gasteiger partial charge in [0.05, 0.1) is 5.92 Å². The van der Waals surface area contributed by atoms with Crippen LogP contribution in [-0.4, -0.2) is 53.2 Å². The monoisotopic (exact) mass is 450 g/mol. The zero-order valence-corrected chi connectivity index (χ0v) is 19.0. The Balaban J connectivity index is 1.29. The Labute approximate surface area is 193 Å². The molecule has 0 radical (unpaired) electrons. The summed E-state index contributed by atoms with van der Waals surface area (Å²) in [5.74, 6) is -1.31. The fraction of sp³-hybridized carbons (Fsp3) is 0.423. The number of hydrogen-bond acceptors (Lipinski definition) is 4. The van der Waals surface area contributed by atoms with E-state index in [9.17, 15) is 19.5 Å². The van der Waals surface area contributed by atoms with E-state index >= 15 is 0 Å². The number of ether oxygens (including phenoxy) is 1. The molecule has 2 amide bonds. The van der Waals surface area contributed by atoms with Gasteiger partial charge in [-0.05, 0) is 48.9 Å². The number of likely N-dealkylation sites (tertiary alicyclic amines) is 1. The van der Waals surface area contributed by atoms with Crippen molar-refractivity contribution < 1.29 is 24.2 Å². The van der Waals surface area contributed by atoms with Crippen molar-refractivity contribution in [2.75, 3.05) is 13.2 Å². The highest BCUT2D eigenvalue weighted by atomic mass is 16.5. The third-order valence-corrected chi connectivity index (χ3v) is 6.73. The summed E-state index contributed by atoms with van der Waals surface area (Å²) in [6.45, 7) is 4.29. The third-order valence-electron chi connectivity index (χ3n) is 6.73. The topological polar surface area (TPSA) is 95.9 Å². The number of carbonyl (C=O) groups excluding carboxylic acids is 2. The van der Waals surface area contributed by atoms with Crippen molar-refractivity contribution in [2.45, 2.75) is 51.1 Å². The number of hydrogen-bond donors (Lipinski definition) is 2. The van der Waals surface area contributed by atoms with Crippen molar-refractivity contribution in [2.24, 2.45) is 5.92 Å². The number of piperidine rings is 1. The van der Waals surface area contributed by atoms with Gasteiger partial charge in [-0.3, -0.25) is 9.59 Å². The number of carboxylic acids is 1. The van der Waals surface area contributed by atoms with E-state index in [4.69, 9.17) is 4.74 Å². The Kier molecular flexibility index (Phi) is 6.67. The minimum atomic E-state index is -0.806. The second-order valence-corrected chi connectivity index (χ2v) is 9.07. The highest BCUT2D eigenvalue weighted by molar-refractivity contribution is 5.80. The molecule has 1 saturated heterocycles. The number of amides is 2. The van der Waals surface area contributed by atoms with Gasteiger partial charge < -0.3 is 20.1 Å². The number of benzene rings is 2. The predicted octanol–water partition coefficient (Wildman–Crippen LogP) is 4.02. The van der Waals surface area contributed by atoms with Crippen LogP contribution in [0.15, 0.2) is 48.5 Å². The minimum absolute atomic E-state index is 0.0172. The number of fused-ring (bicyclic) bond motifs is 3. The number of nitrogens with one attached hydrogen (secondary N) is 1. The summed E-state index contributed by atoms with van der Waals surface area (Å²) in [6.07, 6.45) is 0.510. The van der Waals surface area contributed by atoms with E-state index in [0.29, 0.717) is 19.4 Å². The van der Waals surface area contributed by atoms with Crippen LogP contribution in [0.3, 0.4) is 0 Å². The second kappa shape index (κ2) is 9.65. The molecule has 174 valence electrons. The van der Waals surface area contributed by atoms with Gasteiger partial charge in [-0.2, -0.15) is 0 Å². The van der Waals surface area contributed by atoms with E-state index in [1.165, 1.54) is 11.1 Å². The van der Waals surface area contributed by atoms with Gasteiger partial charge >= 0.3 is 12.1 Å². The standard InChI is InChI=1S/C26H30N2O5/c1-16(13-24(29)28-12-11-18(25(30)31)14-17(28)2)27-26(32)33-15-23-21-9-5-3-7-19(21)20-8-4-6-10-22(20)23/h3-10,16-18,23H,11-15H2,1-2H3,(H,27,32)(H,30,31)/t16-,17?,18?/m0/s1. The van der Waals surface area contributed by atoms with E-state index in [1.54, 1.807) is 11.8 Å². The van der Waals surface area contributed by atoms with Crippen molar-refractivity contribution in [1.29, 1.82) is 0 Å². The fourth-order valence-corrected chi connectivity index (χ4v) is 5.04. The van der Waals surface area contributed by atoms with E-state index in [1.807, 2.05) is 31.2 Å². The molecule has 2 aliphatic rings. The van der Waals surface area contributed by atoms with Crippen molar-refractivity contribution in [3.63, 3.8) is 0 Å². The highest BCUT2D eigenvalue weighted by Crippen LogP contribution is 2.44. The zero-order chi connectivity index (χ0) is 23.5. The fourth-order valence-electron chi connectivity index (χ4n) is 5.04. The van der Waals surface area contributed by atoms with Crippen LogP contribution in [0.1, 0.15) is 50.2 Å². The van der Waals surface area contributed by atoms with Crippen LogP contribution in [0.5, 0.6) is 0 Å². The normalized spacial score (nSPS) is 20.5. The number of carbonyl (C=O) groups is 3. The molecular weight excluding hydrogens is 420 g/mol. The van der Waals surface area contributed by atoms with Gasteiger partial charge in [0.15, 0.2) is 0 Å². The molecule has 0 saturated carbocycles. The molecule has 2 unspecified atom stereocenters. The Morgan fingerprint density at radius 1 is 1.09 bits per heavy atom. The first-order valence-corrected chi connectivity index (χ1v) is 11.5. The predicted molar refractivity (Wildman–Crippen MR) is 124 cm³/mol. The highest BCUT2D eigenvalue weighted by Gasteiger charge is 2.33. The Morgan fingerprint density at radius 2 is 1.70 bits per heavy atom. The molecule has 2 aromatic rings. The molecule has 4 rings (SSSR count). The Bertz CT molecular complexity index is 1010. The summed E-state index contributed by atoms with van der Waals surface area (Å²) < 4.78 is 5.56. The molecule has 33 heavy (non-hydrogen) atoms. The van der Waals surface area contributed by atoms with Crippen LogP contribution in [0.2, 0.25) is 0 Å². The molecule has 1 heterocycles. The lowest BCUT2D eigenvalue weighted by Gasteiger charge is -2.36. The van der Waals surface area contributed by atoms with Gasteiger partial charge in [0.1, 0.15) is 6.61 Å². The molecule has 2 aromatic carbocycles. The van der Waals surface area contributed by atoms with Gasteiger partial charge in [0.25, 0.3) is 0 Å². The molecule has 7 heteroatoms. The van der Waals surface area contributed by atoms with Gasteiger partial charge in [-0.25, -0.2) is 4.79 Å². The second-order valence-electron chi connectivity index (χ2n) is 9.07. The average Bonchev–Trinajstić information content (AvgIpc) is 3.11. The summed E-state index contributed by atoms with van der Waals surface area (Å²) in [7, 11) is 0. The quantitative estimate of drug-likeness (QED) is 0.693. The molecule has 1 aliphatic heterocycles. The summed E-state index contributed by atoms with van der Waals surface area (Å²) in [4.78, 5) is 38.1. The van der Waals surface area contributed by atoms with E-state index in [0.717, 1.165) is 11.1 Å². The number of aliphatic carboxylic acids is 1. The zero-order valence-electron chi connectivity index (χ0n) is 19.0. The lowest BCUT2D eigenvalue weighted by Crippen LogP contribution is -2.48. The molecule has 3 atom stereocenters. The summed E-state index contributed by atoms with van der Waals surface area (Å²) in [5, 5.41) is 12.0. The van der Waals surface area contributed by atoms with Crippen LogP contribution >= 0.6 is 0 Å². The van der Waals surface area contributed by atoms with Crippen molar-refractivity contribution in [1.82, 2.24) is 10.2 Å². The Morgan fingerprint density at radius 3 is 2.27 bits per heavy atom. The maximum atomic E-state index is 12.7. The number of alkyl carbamates (subject to hydrolysis) is 1. The SMILES string of the molecule is CC1CC(C(=O)O)CCN1C(=O)C[C@H](C)NC(=O)OCC1c2ccccc2-c2ccccc21. The summed E-state index contributed by atoms with van der Waals surface area (Å²) in [5.41, 5.74) is 4.63. The van der Waals surface area contributed by atoms with Gasteiger partial charge in [0, 0.05) is 31.0 Å². The summed E-state index contributed by atoms with van der Waals surface area (Å²) >= 11 is 0. The maximum Gasteiger partial charge on any atom is 0.407 e. The van der Waals surface area contributed by atoms with Gasteiger partial charge in [-0.15, -0.1) is 0 Å². The van der Waals surface area contributed by atoms with Gasteiger partial charge in [-0.1, -0.05) is 48.5 Å². The minimum Gasteiger partial charge on any atom is -0.481 e. The molecule has 7 nitrogen and oxygen atoms in total. The first-order chi connectivity index (χ1) is 15.8. The Hall–Kier alpha value is -3.35. The van der Waals surface area contributed by atoms with Gasteiger partial charge in [0.2, 0.25) is 5.91 Å². The molecular formula is C26H30N2O5. The largest absolute Gasteiger partial charge is 0.481 e. The molecule has 0 spiro atoms. The lowest BCUT2D eigenvalue weighted by atomic mass is 9.91. The third kappa shape index (κ3) is 4.87. The van der Waals surface area contributed by atoms with E-state index in [-0.39, 0.29) is 30.9 Å². The number of rotatable bonds is 6. The summed E-state index contributed by atoms with van der Waals surface area (Å²) in [6, 6.07) is 15.8. The molecule has 0 bridgehead atoms. The molecule has 1 fully saturated rings. The van der Waals surface area contributed by atoms with Crippen LogP contribution in [0.25, 0.3) is 11.1 Å². The lowest BCUT2D eigenvalue weighted by molar-refractivity contribution is -0.147. The molecule has 2 N–H and O–H groups in total. The molecule has 1 aliphatic carbocycles. The first-order valence-electron chi connectivity index (χ1n) is 11.5. The van der Waals surface area contributed by atoms with E-state index < -0.39 is 24.0 Å². The van der Waals surface area contributed by atoms with E-state index in [2.05, 4.69) is 29.6 Å². The van der Waals surface area contributed by atoms with Crippen molar-refractivity contribution in [3.8, 4) is 11.1 Å². The van der Waals surface area contributed by atoms with Crippen LogP contribution in [0.4, 0.5) is 4.79 Å².